The Hall–Kier alpha value is -1.90. The Balaban J connectivity index is 1.65. The maximum absolute atomic E-state index is 13.5. The number of amides is 1. The van der Waals surface area contributed by atoms with Crippen LogP contribution in [0, 0.1) is 28.5 Å². The third-order valence-electron chi connectivity index (χ3n) is 7.64. The van der Waals surface area contributed by atoms with Crippen LogP contribution in [-0.2, 0) is 4.79 Å². The molecule has 1 N–H and O–H groups in total. The second-order valence-electron chi connectivity index (χ2n) is 9.65. The molecule has 0 saturated heterocycles. The van der Waals surface area contributed by atoms with Crippen molar-refractivity contribution in [3.63, 3.8) is 0 Å². The highest BCUT2D eigenvalue weighted by Crippen LogP contribution is 2.61. The molecule has 3 heteroatoms. The number of benzene rings is 1. The van der Waals surface area contributed by atoms with Crippen molar-refractivity contribution in [2.24, 2.45) is 22.7 Å². The topological polar surface area (TPSA) is 29.1 Å². The van der Waals surface area contributed by atoms with Gasteiger partial charge in [0.05, 0.1) is 5.69 Å². The van der Waals surface area contributed by atoms with E-state index in [-0.39, 0.29) is 17.1 Å². The van der Waals surface area contributed by atoms with Crippen LogP contribution >= 0.6 is 0 Å². The summed E-state index contributed by atoms with van der Waals surface area (Å²) < 4.78 is 13.5. The van der Waals surface area contributed by atoms with Gasteiger partial charge in [0.2, 0.25) is 0 Å². The number of fused-ring (bicyclic) bond motifs is 2. The first kappa shape index (κ1) is 18.5. The molecular formula is C24H30FNO. The number of carbonyl (C=O) groups is 1. The molecule has 2 aliphatic carbocycles. The zero-order valence-electron chi connectivity index (χ0n) is 16.7. The highest BCUT2D eigenvalue weighted by molar-refractivity contribution is 6.31. The first-order chi connectivity index (χ1) is 12.7. The summed E-state index contributed by atoms with van der Waals surface area (Å²) >= 11 is 0. The van der Waals surface area contributed by atoms with E-state index in [2.05, 4.69) is 38.7 Å². The number of hydrogen-bond acceptors (Lipinski definition) is 1. The van der Waals surface area contributed by atoms with E-state index in [4.69, 9.17) is 0 Å². The summed E-state index contributed by atoms with van der Waals surface area (Å²) in [4.78, 5) is 12.4. The molecule has 1 aromatic carbocycles. The SMILES string of the molecule is C=C1CC[C@H]2C(C)(C)CCC[C@]2(C)[C@H]1C/C=C1/C(=O)Nc2cc(F)ccc21. The van der Waals surface area contributed by atoms with Crippen molar-refractivity contribution >= 4 is 17.2 Å². The van der Waals surface area contributed by atoms with Gasteiger partial charge in [-0.3, -0.25) is 4.79 Å². The van der Waals surface area contributed by atoms with Gasteiger partial charge in [-0.05, 0) is 73.0 Å². The van der Waals surface area contributed by atoms with Crippen molar-refractivity contribution in [3.05, 3.63) is 47.8 Å². The van der Waals surface area contributed by atoms with Gasteiger partial charge in [0.1, 0.15) is 5.82 Å². The van der Waals surface area contributed by atoms with E-state index in [1.54, 1.807) is 6.07 Å². The maximum Gasteiger partial charge on any atom is 0.256 e. The van der Waals surface area contributed by atoms with Gasteiger partial charge in [-0.2, -0.15) is 0 Å². The standard InChI is InChI=1S/C24H30FNO/c1-15-6-11-21-23(2,3)12-5-13-24(21,4)19(15)10-9-18-17-8-7-16(25)14-20(17)26-22(18)27/h7-9,14,19,21H,1,5-6,10-13H2,2-4H3,(H,26,27)/b18-9+/t19-,21-,24+/m0/s1. The Morgan fingerprint density at radius 2 is 2.07 bits per heavy atom. The molecule has 2 nitrogen and oxygen atoms in total. The van der Waals surface area contributed by atoms with E-state index in [9.17, 15) is 9.18 Å². The van der Waals surface area contributed by atoms with Crippen LogP contribution in [0.3, 0.4) is 0 Å². The second-order valence-corrected chi connectivity index (χ2v) is 9.65. The second kappa shape index (κ2) is 6.32. The van der Waals surface area contributed by atoms with Crippen molar-refractivity contribution in [2.45, 2.75) is 59.3 Å². The lowest BCUT2D eigenvalue weighted by atomic mass is 9.47. The van der Waals surface area contributed by atoms with Gasteiger partial charge in [-0.25, -0.2) is 4.39 Å². The number of halogens is 1. The van der Waals surface area contributed by atoms with E-state index in [1.807, 2.05) is 0 Å². The molecule has 2 fully saturated rings. The van der Waals surface area contributed by atoms with Gasteiger partial charge >= 0.3 is 0 Å². The van der Waals surface area contributed by atoms with Crippen LogP contribution < -0.4 is 5.32 Å². The summed E-state index contributed by atoms with van der Waals surface area (Å²) in [6, 6.07) is 4.53. The van der Waals surface area contributed by atoms with Crippen molar-refractivity contribution in [1.29, 1.82) is 0 Å². The van der Waals surface area contributed by atoms with Crippen LogP contribution in [0.4, 0.5) is 10.1 Å². The Morgan fingerprint density at radius 1 is 1.30 bits per heavy atom. The van der Waals surface area contributed by atoms with Gasteiger partial charge < -0.3 is 5.32 Å². The fourth-order valence-corrected chi connectivity index (χ4v) is 6.31. The Labute approximate surface area is 161 Å². The maximum atomic E-state index is 13.5. The van der Waals surface area contributed by atoms with Gasteiger partial charge in [0.25, 0.3) is 5.91 Å². The molecule has 1 aromatic rings. The molecule has 0 spiro atoms. The Morgan fingerprint density at radius 3 is 2.85 bits per heavy atom. The fraction of sp³-hybridized carbons (Fsp3) is 0.542. The predicted octanol–water partition coefficient (Wildman–Crippen LogP) is 6.35. The first-order valence-electron chi connectivity index (χ1n) is 10.2. The Bertz CT molecular complexity index is 837. The molecule has 27 heavy (non-hydrogen) atoms. The molecule has 4 rings (SSSR count). The van der Waals surface area contributed by atoms with Crippen LogP contribution in [0.25, 0.3) is 5.57 Å². The third kappa shape index (κ3) is 2.96. The molecule has 0 aromatic heterocycles. The largest absolute Gasteiger partial charge is 0.321 e. The van der Waals surface area contributed by atoms with Crippen LogP contribution in [0.15, 0.2) is 36.4 Å². The molecule has 1 amide bonds. The Kier molecular flexibility index (Phi) is 4.32. The molecule has 3 atom stereocenters. The van der Waals surface area contributed by atoms with Crippen molar-refractivity contribution in [2.75, 3.05) is 5.32 Å². The number of rotatable bonds is 2. The minimum atomic E-state index is -0.323. The van der Waals surface area contributed by atoms with E-state index in [1.165, 1.54) is 43.4 Å². The lowest BCUT2D eigenvalue weighted by Gasteiger charge is -2.58. The lowest BCUT2D eigenvalue weighted by Crippen LogP contribution is -2.49. The average molecular weight is 368 g/mol. The quantitative estimate of drug-likeness (QED) is 0.479. The molecule has 1 heterocycles. The van der Waals surface area contributed by atoms with Crippen molar-refractivity contribution < 1.29 is 9.18 Å². The van der Waals surface area contributed by atoms with E-state index in [0.717, 1.165) is 18.4 Å². The zero-order chi connectivity index (χ0) is 19.4. The number of anilines is 1. The normalized spacial score (nSPS) is 33.6. The minimum Gasteiger partial charge on any atom is -0.321 e. The number of hydrogen-bond donors (Lipinski definition) is 1. The van der Waals surface area contributed by atoms with E-state index in [0.29, 0.717) is 28.5 Å². The molecule has 144 valence electrons. The van der Waals surface area contributed by atoms with Crippen LogP contribution in [-0.4, -0.2) is 5.91 Å². The van der Waals surface area contributed by atoms with Gasteiger partial charge in [-0.1, -0.05) is 45.4 Å². The van der Waals surface area contributed by atoms with Crippen LogP contribution in [0.5, 0.6) is 0 Å². The summed E-state index contributed by atoms with van der Waals surface area (Å²) in [5, 5.41) is 2.80. The van der Waals surface area contributed by atoms with Gasteiger partial charge in [-0.15, -0.1) is 0 Å². The van der Waals surface area contributed by atoms with Gasteiger partial charge in [0.15, 0.2) is 0 Å². The smallest absolute Gasteiger partial charge is 0.256 e. The van der Waals surface area contributed by atoms with E-state index >= 15 is 0 Å². The monoisotopic (exact) mass is 367 g/mol. The molecule has 3 aliphatic rings. The molecule has 0 unspecified atom stereocenters. The highest BCUT2D eigenvalue weighted by atomic mass is 19.1. The lowest BCUT2D eigenvalue weighted by molar-refractivity contribution is -0.110. The highest BCUT2D eigenvalue weighted by Gasteiger charge is 2.52. The van der Waals surface area contributed by atoms with Crippen LogP contribution in [0.1, 0.15) is 64.9 Å². The average Bonchev–Trinajstić information content (AvgIpc) is 2.88. The molecule has 0 bridgehead atoms. The molecule has 0 radical (unpaired) electrons. The summed E-state index contributed by atoms with van der Waals surface area (Å²) in [5.41, 5.74) is 4.02. The number of nitrogens with one attached hydrogen (secondary N) is 1. The summed E-state index contributed by atoms with van der Waals surface area (Å²) in [5.74, 6) is 0.658. The number of carbonyl (C=O) groups excluding carboxylic acids is 1. The predicted molar refractivity (Wildman–Crippen MR) is 109 cm³/mol. The van der Waals surface area contributed by atoms with Gasteiger partial charge in [0, 0.05) is 11.1 Å². The molecule has 2 saturated carbocycles. The third-order valence-corrected chi connectivity index (χ3v) is 7.64. The minimum absolute atomic E-state index is 0.123. The summed E-state index contributed by atoms with van der Waals surface area (Å²) in [7, 11) is 0. The fourth-order valence-electron chi connectivity index (χ4n) is 6.31. The zero-order valence-corrected chi connectivity index (χ0v) is 16.7. The summed E-state index contributed by atoms with van der Waals surface area (Å²) in [6.07, 6.45) is 9.04. The summed E-state index contributed by atoms with van der Waals surface area (Å²) in [6.45, 7) is 11.7. The van der Waals surface area contributed by atoms with Crippen molar-refractivity contribution in [1.82, 2.24) is 0 Å². The number of allylic oxidation sites excluding steroid dienone is 2. The molecule has 1 aliphatic heterocycles. The van der Waals surface area contributed by atoms with Crippen molar-refractivity contribution in [3.8, 4) is 0 Å². The first-order valence-corrected chi connectivity index (χ1v) is 10.2. The van der Waals surface area contributed by atoms with Crippen LogP contribution in [0.2, 0.25) is 0 Å². The van der Waals surface area contributed by atoms with E-state index < -0.39 is 0 Å². The molecular weight excluding hydrogens is 337 g/mol.